The summed E-state index contributed by atoms with van der Waals surface area (Å²) >= 11 is 7.44. The van der Waals surface area contributed by atoms with Gasteiger partial charge in [-0.3, -0.25) is 4.79 Å². The summed E-state index contributed by atoms with van der Waals surface area (Å²) in [4.78, 5) is 12.6. The summed E-state index contributed by atoms with van der Waals surface area (Å²) in [5, 5.41) is 12.8. The van der Waals surface area contributed by atoms with E-state index in [-0.39, 0.29) is 17.9 Å². The third kappa shape index (κ3) is 6.85. The number of carbonyl (C=O) groups is 1. The van der Waals surface area contributed by atoms with Crippen molar-refractivity contribution < 1.29 is 9.90 Å². The Balaban J connectivity index is 2.27. The third-order valence-corrected chi connectivity index (χ3v) is 4.10. The molecule has 2 N–H and O–H groups in total. The second-order valence-electron chi connectivity index (χ2n) is 4.71. The van der Waals surface area contributed by atoms with Gasteiger partial charge in [0.2, 0.25) is 5.91 Å². The van der Waals surface area contributed by atoms with Gasteiger partial charge in [-0.25, -0.2) is 0 Å². The van der Waals surface area contributed by atoms with Gasteiger partial charge in [0.05, 0.1) is 16.9 Å². The molecule has 0 bridgehead atoms. The van der Waals surface area contributed by atoms with Gasteiger partial charge in [0.15, 0.2) is 0 Å². The molecule has 0 aromatic heterocycles. The van der Waals surface area contributed by atoms with Gasteiger partial charge in [-0.15, -0.1) is 11.8 Å². The fraction of sp³-hybridized carbons (Fsp3) is 0.500. The van der Waals surface area contributed by atoms with Crippen molar-refractivity contribution in [1.29, 1.82) is 0 Å². The molecule has 0 fully saturated rings. The standard InChI is InChI=1S/C14H20ClNO2S/c1-10(7-11(2)17)8-16-14(18)9-19-13-6-4-3-5-12(13)15/h3-6,10-11,17H,7-9H2,1-2H3,(H,16,18). The molecule has 5 heteroatoms. The van der Waals surface area contributed by atoms with Gasteiger partial charge in [0, 0.05) is 11.4 Å². The summed E-state index contributed by atoms with van der Waals surface area (Å²) in [6.45, 7) is 4.35. The predicted octanol–water partition coefficient (Wildman–Crippen LogP) is 2.96. The van der Waals surface area contributed by atoms with Gasteiger partial charge < -0.3 is 10.4 Å². The van der Waals surface area contributed by atoms with Crippen LogP contribution in [0.5, 0.6) is 0 Å². The molecule has 0 aliphatic rings. The molecule has 0 spiro atoms. The lowest BCUT2D eigenvalue weighted by molar-refractivity contribution is -0.118. The largest absolute Gasteiger partial charge is 0.393 e. The molecule has 2 atom stereocenters. The molecule has 0 heterocycles. The van der Waals surface area contributed by atoms with Crippen LogP contribution in [0.2, 0.25) is 5.02 Å². The second kappa shape index (κ2) is 8.46. The van der Waals surface area contributed by atoms with Crippen LogP contribution in [0.15, 0.2) is 29.2 Å². The second-order valence-corrected chi connectivity index (χ2v) is 6.14. The van der Waals surface area contributed by atoms with Crippen molar-refractivity contribution in [3.63, 3.8) is 0 Å². The number of halogens is 1. The van der Waals surface area contributed by atoms with Gasteiger partial charge in [-0.2, -0.15) is 0 Å². The molecule has 0 saturated heterocycles. The van der Waals surface area contributed by atoms with Gasteiger partial charge in [0.1, 0.15) is 0 Å². The average molecular weight is 302 g/mol. The number of nitrogens with one attached hydrogen (secondary N) is 1. The van der Waals surface area contributed by atoms with Gasteiger partial charge in [-0.05, 0) is 31.4 Å². The van der Waals surface area contributed by atoms with Crippen LogP contribution in [0.1, 0.15) is 20.3 Å². The molecule has 1 rings (SSSR count). The number of thioether (sulfide) groups is 1. The van der Waals surface area contributed by atoms with Crippen LogP contribution in [0, 0.1) is 5.92 Å². The van der Waals surface area contributed by atoms with Crippen LogP contribution in [-0.2, 0) is 4.79 Å². The van der Waals surface area contributed by atoms with Crippen LogP contribution in [0.4, 0.5) is 0 Å². The highest BCUT2D eigenvalue weighted by atomic mass is 35.5. The number of hydrogen-bond donors (Lipinski definition) is 2. The zero-order chi connectivity index (χ0) is 14.3. The number of rotatable bonds is 7. The topological polar surface area (TPSA) is 49.3 Å². The smallest absolute Gasteiger partial charge is 0.230 e. The van der Waals surface area contributed by atoms with Crippen molar-refractivity contribution in [1.82, 2.24) is 5.32 Å². The summed E-state index contributed by atoms with van der Waals surface area (Å²) < 4.78 is 0. The minimum atomic E-state index is -0.329. The van der Waals surface area contributed by atoms with E-state index in [2.05, 4.69) is 5.32 Å². The molecular weight excluding hydrogens is 282 g/mol. The van der Waals surface area contributed by atoms with Crippen molar-refractivity contribution in [2.75, 3.05) is 12.3 Å². The molecule has 1 amide bonds. The van der Waals surface area contributed by atoms with E-state index in [1.165, 1.54) is 11.8 Å². The minimum absolute atomic E-state index is 0.0117. The van der Waals surface area contributed by atoms with Crippen LogP contribution in [0.25, 0.3) is 0 Å². The fourth-order valence-electron chi connectivity index (χ4n) is 1.71. The maximum absolute atomic E-state index is 11.7. The Hall–Kier alpha value is -0.710. The van der Waals surface area contributed by atoms with Crippen molar-refractivity contribution in [2.24, 2.45) is 5.92 Å². The SMILES string of the molecule is CC(O)CC(C)CNC(=O)CSc1ccccc1Cl. The number of aliphatic hydroxyl groups excluding tert-OH is 1. The van der Waals surface area contributed by atoms with E-state index in [1.54, 1.807) is 6.92 Å². The van der Waals surface area contributed by atoms with E-state index in [4.69, 9.17) is 11.6 Å². The van der Waals surface area contributed by atoms with Gasteiger partial charge in [0.25, 0.3) is 0 Å². The lowest BCUT2D eigenvalue weighted by Gasteiger charge is -2.14. The summed E-state index contributed by atoms with van der Waals surface area (Å²) in [7, 11) is 0. The van der Waals surface area contributed by atoms with Crippen LogP contribution in [-0.4, -0.2) is 29.4 Å². The third-order valence-electron chi connectivity index (χ3n) is 2.59. The quantitative estimate of drug-likeness (QED) is 0.761. The van der Waals surface area contributed by atoms with Crippen LogP contribution < -0.4 is 5.32 Å². The van der Waals surface area contributed by atoms with Crippen LogP contribution in [0.3, 0.4) is 0 Å². The summed E-state index contributed by atoms with van der Waals surface area (Å²) in [5.41, 5.74) is 0. The van der Waals surface area contributed by atoms with Crippen LogP contribution >= 0.6 is 23.4 Å². The van der Waals surface area contributed by atoms with E-state index >= 15 is 0 Å². The lowest BCUT2D eigenvalue weighted by atomic mass is 10.1. The highest BCUT2D eigenvalue weighted by Gasteiger charge is 2.09. The van der Waals surface area contributed by atoms with Crippen molar-refractivity contribution in [3.8, 4) is 0 Å². The van der Waals surface area contributed by atoms with E-state index in [1.807, 2.05) is 31.2 Å². The Morgan fingerprint density at radius 3 is 2.74 bits per heavy atom. The van der Waals surface area contributed by atoms with E-state index in [0.717, 1.165) is 4.90 Å². The minimum Gasteiger partial charge on any atom is -0.393 e. The molecule has 0 aliphatic carbocycles. The molecule has 3 nitrogen and oxygen atoms in total. The lowest BCUT2D eigenvalue weighted by Crippen LogP contribution is -2.30. The Bertz CT molecular complexity index is 412. The first-order valence-corrected chi connectivity index (χ1v) is 7.67. The number of hydrogen-bond acceptors (Lipinski definition) is 3. The molecular formula is C14H20ClNO2S. The first-order valence-electron chi connectivity index (χ1n) is 6.31. The summed E-state index contributed by atoms with van der Waals surface area (Å²) in [6.07, 6.45) is 0.363. The number of amides is 1. The van der Waals surface area contributed by atoms with Crippen molar-refractivity contribution in [2.45, 2.75) is 31.3 Å². The number of carbonyl (C=O) groups excluding carboxylic acids is 1. The average Bonchev–Trinajstić information content (AvgIpc) is 2.34. The molecule has 1 aromatic rings. The first kappa shape index (κ1) is 16.3. The highest BCUT2D eigenvalue weighted by Crippen LogP contribution is 2.26. The molecule has 0 radical (unpaired) electrons. The normalized spacial score (nSPS) is 13.9. The monoisotopic (exact) mass is 301 g/mol. The molecule has 1 aromatic carbocycles. The molecule has 0 saturated carbocycles. The Morgan fingerprint density at radius 2 is 2.11 bits per heavy atom. The highest BCUT2D eigenvalue weighted by molar-refractivity contribution is 8.00. The predicted molar refractivity (Wildman–Crippen MR) is 80.6 cm³/mol. The maximum Gasteiger partial charge on any atom is 0.230 e. The molecule has 0 aliphatic heterocycles. The number of aliphatic hydroxyl groups is 1. The van der Waals surface area contributed by atoms with Gasteiger partial charge >= 0.3 is 0 Å². The van der Waals surface area contributed by atoms with E-state index in [9.17, 15) is 9.90 Å². The molecule has 2 unspecified atom stereocenters. The fourth-order valence-corrected chi connectivity index (χ4v) is 2.78. The van der Waals surface area contributed by atoms with Gasteiger partial charge in [-0.1, -0.05) is 30.7 Å². The first-order chi connectivity index (χ1) is 8.99. The number of benzene rings is 1. The van der Waals surface area contributed by atoms with E-state index in [0.29, 0.717) is 23.7 Å². The Labute approximate surface area is 123 Å². The summed E-state index contributed by atoms with van der Waals surface area (Å²) in [6, 6.07) is 7.48. The summed E-state index contributed by atoms with van der Waals surface area (Å²) in [5.74, 6) is 0.613. The maximum atomic E-state index is 11.7. The van der Waals surface area contributed by atoms with E-state index < -0.39 is 0 Å². The zero-order valence-corrected chi connectivity index (χ0v) is 12.8. The zero-order valence-electron chi connectivity index (χ0n) is 11.2. The van der Waals surface area contributed by atoms with Crippen molar-refractivity contribution >= 4 is 29.3 Å². The molecule has 19 heavy (non-hydrogen) atoms. The molecule has 106 valence electrons. The Morgan fingerprint density at radius 1 is 1.42 bits per heavy atom. The Kier molecular flexibility index (Phi) is 7.28. The van der Waals surface area contributed by atoms with Crippen molar-refractivity contribution in [3.05, 3.63) is 29.3 Å².